The molecular weight excluding hydrogens is 122 g/mol. The van der Waals surface area contributed by atoms with E-state index in [4.69, 9.17) is 5.41 Å². The maximum Gasteiger partial charge on any atom is -0.00477 e. The molecule has 0 aliphatic heterocycles. The van der Waals surface area contributed by atoms with Crippen molar-refractivity contribution in [3.8, 4) is 0 Å². The van der Waals surface area contributed by atoms with Crippen LogP contribution in [0, 0.1) is 5.41 Å². The van der Waals surface area contributed by atoms with E-state index in [1.54, 1.807) is 0 Å². The van der Waals surface area contributed by atoms with E-state index in [9.17, 15) is 0 Å². The van der Waals surface area contributed by atoms with Gasteiger partial charge in [0.25, 0.3) is 0 Å². The lowest BCUT2D eigenvalue weighted by Gasteiger charge is -1.92. The minimum absolute atomic E-state index is 0.954. The lowest BCUT2D eigenvalue weighted by molar-refractivity contribution is 0.708. The smallest absolute Gasteiger partial charge is 0.00477 e. The van der Waals surface area contributed by atoms with Crippen LogP contribution in [-0.4, -0.2) is 6.21 Å². The lowest BCUT2D eigenvalue weighted by atomic mass is 10.1. The second-order valence-electron chi connectivity index (χ2n) is 2.41. The molecule has 0 bridgehead atoms. The number of allylic oxidation sites excluding steroid dienone is 2. The van der Waals surface area contributed by atoms with Crippen molar-refractivity contribution in [2.75, 3.05) is 0 Å². The Balaban J connectivity index is 2.83. The van der Waals surface area contributed by atoms with Gasteiger partial charge in [0, 0.05) is 0 Å². The van der Waals surface area contributed by atoms with Crippen LogP contribution in [0.25, 0.3) is 0 Å². The van der Waals surface area contributed by atoms with Crippen molar-refractivity contribution < 1.29 is 0 Å². The Bertz CT molecular complexity index is 94.9. The first-order chi connectivity index (χ1) is 4.91. The van der Waals surface area contributed by atoms with Gasteiger partial charge in [0.2, 0.25) is 0 Å². The highest BCUT2D eigenvalue weighted by molar-refractivity contribution is 5.52. The molecule has 1 N–H and O–H groups in total. The van der Waals surface area contributed by atoms with Crippen molar-refractivity contribution in [1.82, 2.24) is 0 Å². The number of unbranched alkanes of at least 4 members (excludes halogenated alkanes) is 4. The minimum atomic E-state index is 0.954. The summed E-state index contributed by atoms with van der Waals surface area (Å²) in [4.78, 5) is 0. The van der Waals surface area contributed by atoms with Gasteiger partial charge in [0.1, 0.15) is 0 Å². The maximum atomic E-state index is 6.78. The zero-order chi connectivity index (χ0) is 7.66. The van der Waals surface area contributed by atoms with E-state index in [2.05, 4.69) is 19.1 Å². The molecule has 0 spiro atoms. The molecule has 0 fully saturated rings. The predicted molar refractivity (Wildman–Crippen MR) is 46.7 cm³/mol. The second kappa shape index (κ2) is 8.41. The molecule has 0 atom stereocenters. The summed E-state index contributed by atoms with van der Waals surface area (Å²) < 4.78 is 0. The molecule has 0 amide bonds. The molecule has 10 heavy (non-hydrogen) atoms. The van der Waals surface area contributed by atoms with Gasteiger partial charge in [0.15, 0.2) is 0 Å². The molecule has 0 rings (SSSR count). The van der Waals surface area contributed by atoms with E-state index >= 15 is 0 Å². The van der Waals surface area contributed by atoms with Crippen LogP contribution in [0.1, 0.15) is 39.0 Å². The van der Waals surface area contributed by atoms with Gasteiger partial charge in [-0.05, 0) is 38.8 Å². The Kier molecular flexibility index (Phi) is 7.91. The minimum Gasteiger partial charge on any atom is -0.313 e. The summed E-state index contributed by atoms with van der Waals surface area (Å²) in [5.41, 5.74) is 0. The molecule has 0 aromatic rings. The molecule has 1 nitrogen and oxygen atoms in total. The van der Waals surface area contributed by atoms with Gasteiger partial charge in [-0.1, -0.05) is 18.6 Å². The van der Waals surface area contributed by atoms with Gasteiger partial charge in [0.05, 0.1) is 0 Å². The van der Waals surface area contributed by atoms with Crippen LogP contribution in [0.4, 0.5) is 0 Å². The standard InChI is InChI=1S/C9H17N/c1-2-3-4-5-6-7-8-9-10/h2-3,9-10H,4-8H2,1H3. The highest BCUT2D eigenvalue weighted by Crippen LogP contribution is 2.01. The average molecular weight is 139 g/mol. The fourth-order valence-electron chi connectivity index (χ4n) is 0.852. The van der Waals surface area contributed by atoms with E-state index < -0.39 is 0 Å². The molecular formula is C9H17N. The van der Waals surface area contributed by atoms with Crippen molar-refractivity contribution in [3.05, 3.63) is 12.2 Å². The van der Waals surface area contributed by atoms with Gasteiger partial charge >= 0.3 is 0 Å². The normalized spacial score (nSPS) is 10.5. The van der Waals surface area contributed by atoms with Crippen molar-refractivity contribution >= 4 is 6.21 Å². The molecule has 0 saturated heterocycles. The van der Waals surface area contributed by atoms with Crippen LogP contribution in [-0.2, 0) is 0 Å². The van der Waals surface area contributed by atoms with Gasteiger partial charge < -0.3 is 5.41 Å². The summed E-state index contributed by atoms with van der Waals surface area (Å²) in [6.07, 6.45) is 11.7. The van der Waals surface area contributed by atoms with Crippen LogP contribution in [0.15, 0.2) is 12.2 Å². The van der Waals surface area contributed by atoms with Crippen LogP contribution in [0.2, 0.25) is 0 Å². The third kappa shape index (κ3) is 7.41. The number of rotatable bonds is 6. The molecule has 0 aliphatic carbocycles. The summed E-state index contributed by atoms with van der Waals surface area (Å²) in [5, 5.41) is 6.78. The van der Waals surface area contributed by atoms with E-state index in [1.807, 2.05) is 0 Å². The van der Waals surface area contributed by atoms with E-state index in [0.717, 1.165) is 6.42 Å². The molecule has 0 aliphatic rings. The van der Waals surface area contributed by atoms with Crippen LogP contribution >= 0.6 is 0 Å². The Labute approximate surface area is 63.7 Å². The Morgan fingerprint density at radius 3 is 2.40 bits per heavy atom. The molecule has 1 heteroatoms. The van der Waals surface area contributed by atoms with Gasteiger partial charge in [-0.3, -0.25) is 0 Å². The van der Waals surface area contributed by atoms with E-state index in [1.165, 1.54) is 31.9 Å². The van der Waals surface area contributed by atoms with Crippen molar-refractivity contribution in [2.45, 2.75) is 39.0 Å². The van der Waals surface area contributed by atoms with Gasteiger partial charge in [-0.2, -0.15) is 0 Å². The zero-order valence-corrected chi connectivity index (χ0v) is 6.77. The number of hydrogen-bond donors (Lipinski definition) is 1. The largest absolute Gasteiger partial charge is 0.313 e. The van der Waals surface area contributed by atoms with Crippen LogP contribution in [0.3, 0.4) is 0 Å². The van der Waals surface area contributed by atoms with Crippen molar-refractivity contribution in [1.29, 1.82) is 5.41 Å². The van der Waals surface area contributed by atoms with Crippen LogP contribution in [0.5, 0.6) is 0 Å². The monoisotopic (exact) mass is 139 g/mol. The molecule has 0 saturated carbocycles. The number of nitrogens with one attached hydrogen (secondary N) is 1. The van der Waals surface area contributed by atoms with Gasteiger partial charge in [-0.15, -0.1) is 0 Å². The molecule has 0 aromatic heterocycles. The SMILES string of the molecule is CC=CCCCCCC=N. The summed E-state index contributed by atoms with van der Waals surface area (Å²) in [6, 6.07) is 0. The highest BCUT2D eigenvalue weighted by atomic mass is 14.3. The topological polar surface area (TPSA) is 23.9 Å². The molecule has 0 aromatic carbocycles. The zero-order valence-electron chi connectivity index (χ0n) is 6.77. The summed E-state index contributed by atoms with van der Waals surface area (Å²) in [6.45, 7) is 2.05. The molecule has 0 radical (unpaired) electrons. The summed E-state index contributed by atoms with van der Waals surface area (Å²) in [5.74, 6) is 0. The van der Waals surface area contributed by atoms with E-state index in [-0.39, 0.29) is 0 Å². The molecule has 0 heterocycles. The summed E-state index contributed by atoms with van der Waals surface area (Å²) >= 11 is 0. The fraction of sp³-hybridized carbons (Fsp3) is 0.667. The summed E-state index contributed by atoms with van der Waals surface area (Å²) in [7, 11) is 0. The Morgan fingerprint density at radius 2 is 1.80 bits per heavy atom. The molecule has 0 unspecified atom stereocenters. The van der Waals surface area contributed by atoms with Crippen molar-refractivity contribution in [3.63, 3.8) is 0 Å². The second-order valence-corrected chi connectivity index (χ2v) is 2.41. The van der Waals surface area contributed by atoms with Gasteiger partial charge in [-0.25, -0.2) is 0 Å². The Morgan fingerprint density at radius 1 is 1.10 bits per heavy atom. The first kappa shape index (κ1) is 9.41. The number of hydrogen-bond acceptors (Lipinski definition) is 1. The fourth-order valence-corrected chi connectivity index (χ4v) is 0.852. The highest BCUT2D eigenvalue weighted by Gasteiger charge is 1.84. The third-order valence-electron chi connectivity index (χ3n) is 1.45. The average Bonchev–Trinajstić information content (AvgIpc) is 1.97. The Hall–Kier alpha value is -0.590. The first-order valence-corrected chi connectivity index (χ1v) is 4.02. The van der Waals surface area contributed by atoms with Crippen molar-refractivity contribution in [2.24, 2.45) is 0 Å². The first-order valence-electron chi connectivity index (χ1n) is 4.02. The third-order valence-corrected chi connectivity index (χ3v) is 1.45. The quantitative estimate of drug-likeness (QED) is 0.332. The maximum absolute atomic E-state index is 6.78. The van der Waals surface area contributed by atoms with Crippen LogP contribution < -0.4 is 0 Å². The lowest BCUT2D eigenvalue weighted by Crippen LogP contribution is -1.76. The molecule has 58 valence electrons. The van der Waals surface area contributed by atoms with E-state index in [0.29, 0.717) is 0 Å². The predicted octanol–water partition coefficient (Wildman–Crippen LogP) is 3.16.